The summed E-state index contributed by atoms with van der Waals surface area (Å²) in [6, 6.07) is 37.4. The predicted octanol–water partition coefficient (Wildman–Crippen LogP) is 10.1. The summed E-state index contributed by atoms with van der Waals surface area (Å²) in [7, 11) is 0. The molecule has 7 nitrogen and oxygen atoms in total. The van der Waals surface area contributed by atoms with Crippen molar-refractivity contribution in [1.29, 1.82) is 0 Å². The Morgan fingerprint density at radius 1 is 0.780 bits per heavy atom. The maximum absolute atomic E-state index is 13.7. The smallest absolute Gasteiger partial charge is 0.272 e. The number of anilines is 2. The Bertz CT molecular complexity index is 1960. The second kappa shape index (κ2) is 18.1. The first-order chi connectivity index (χ1) is 24.3. The van der Waals surface area contributed by atoms with E-state index in [1.807, 2.05) is 60.7 Å². The first kappa shape index (κ1) is 36.3. The molecule has 0 heterocycles. The van der Waals surface area contributed by atoms with E-state index in [1.165, 1.54) is 17.8 Å². The minimum atomic E-state index is -0.602. The summed E-state index contributed by atoms with van der Waals surface area (Å²) in [5.41, 5.74) is 2.79. The molecule has 0 saturated heterocycles. The lowest BCUT2D eigenvalue weighted by molar-refractivity contribution is -0.116. The molecule has 0 aromatic heterocycles. The van der Waals surface area contributed by atoms with Gasteiger partial charge in [-0.3, -0.25) is 14.4 Å². The molecule has 0 bridgehead atoms. The molecule has 1 unspecified atom stereocenters. The van der Waals surface area contributed by atoms with Crippen LogP contribution >= 0.6 is 35.0 Å². The van der Waals surface area contributed by atoms with Crippen LogP contribution in [0.5, 0.6) is 5.75 Å². The lowest BCUT2D eigenvalue weighted by Crippen LogP contribution is -2.30. The van der Waals surface area contributed by atoms with Crippen LogP contribution < -0.4 is 20.7 Å². The Kier molecular flexibility index (Phi) is 13.1. The molecule has 0 fully saturated rings. The van der Waals surface area contributed by atoms with E-state index in [-0.39, 0.29) is 11.6 Å². The lowest BCUT2D eigenvalue weighted by atomic mass is 10.1. The second-order valence-corrected chi connectivity index (χ2v) is 13.2. The fraction of sp³-hybridized carbons (Fsp3) is 0.125. The molecule has 254 valence electrons. The van der Waals surface area contributed by atoms with Crippen molar-refractivity contribution in [2.24, 2.45) is 0 Å². The summed E-state index contributed by atoms with van der Waals surface area (Å²) in [4.78, 5) is 41.2. The van der Waals surface area contributed by atoms with Gasteiger partial charge in [-0.2, -0.15) is 0 Å². The van der Waals surface area contributed by atoms with E-state index in [0.29, 0.717) is 39.2 Å². The number of hydrogen-bond acceptors (Lipinski definition) is 5. The molecule has 1 atom stereocenters. The summed E-state index contributed by atoms with van der Waals surface area (Å²) >= 11 is 13.8. The lowest BCUT2D eigenvalue weighted by Gasteiger charge is -2.18. The zero-order chi connectivity index (χ0) is 35.3. The average molecular weight is 725 g/mol. The first-order valence-electron chi connectivity index (χ1n) is 16.0. The second-order valence-electron chi connectivity index (χ2n) is 11.2. The van der Waals surface area contributed by atoms with E-state index in [1.54, 1.807) is 66.7 Å². The van der Waals surface area contributed by atoms with Gasteiger partial charge < -0.3 is 20.7 Å². The van der Waals surface area contributed by atoms with E-state index in [4.69, 9.17) is 27.9 Å². The molecule has 3 N–H and O–H groups in total. The van der Waals surface area contributed by atoms with Crippen LogP contribution in [0.4, 0.5) is 11.4 Å². The van der Waals surface area contributed by atoms with E-state index >= 15 is 0 Å². The van der Waals surface area contributed by atoms with Crippen molar-refractivity contribution in [3.8, 4) is 5.75 Å². The highest BCUT2D eigenvalue weighted by Gasteiger charge is 2.23. The highest BCUT2D eigenvalue weighted by molar-refractivity contribution is 8.00. The SMILES string of the molecule is CCCCOc1ccc(NC(=O)C(Sc2cccc(NC(=O)/C(=C\c3ccc(Cl)cc3Cl)NC(=O)c3ccccc3)c2)c2ccccc2)cc1. The molecule has 5 rings (SSSR count). The molecule has 5 aromatic carbocycles. The number of ether oxygens (including phenoxy) is 1. The van der Waals surface area contributed by atoms with Gasteiger partial charge in [0.2, 0.25) is 5.91 Å². The maximum atomic E-state index is 13.7. The van der Waals surface area contributed by atoms with Crippen molar-refractivity contribution >= 4 is 70.1 Å². The predicted molar refractivity (Wildman–Crippen MR) is 204 cm³/mol. The van der Waals surface area contributed by atoms with Crippen molar-refractivity contribution in [3.63, 3.8) is 0 Å². The van der Waals surface area contributed by atoms with Gasteiger partial charge in [-0.15, -0.1) is 11.8 Å². The molecule has 0 spiro atoms. The number of carbonyl (C=O) groups excluding carboxylic acids is 3. The normalized spacial score (nSPS) is 11.7. The summed E-state index contributed by atoms with van der Waals surface area (Å²) in [5, 5.41) is 8.78. The minimum Gasteiger partial charge on any atom is -0.494 e. The van der Waals surface area contributed by atoms with Crippen LogP contribution in [0.2, 0.25) is 10.0 Å². The number of halogens is 2. The number of carbonyl (C=O) groups is 3. The summed E-state index contributed by atoms with van der Waals surface area (Å²) in [5.74, 6) is -0.485. The van der Waals surface area contributed by atoms with Crippen molar-refractivity contribution in [3.05, 3.63) is 160 Å². The number of rotatable bonds is 14. The third kappa shape index (κ3) is 10.5. The van der Waals surface area contributed by atoms with Gasteiger partial charge in [0.05, 0.1) is 6.61 Å². The number of amides is 3. The number of thioether (sulfide) groups is 1. The van der Waals surface area contributed by atoms with Gasteiger partial charge in [0.1, 0.15) is 16.7 Å². The molecule has 3 amide bonds. The molecule has 0 aliphatic rings. The first-order valence-corrected chi connectivity index (χ1v) is 17.6. The largest absolute Gasteiger partial charge is 0.494 e. The zero-order valence-electron chi connectivity index (χ0n) is 27.2. The van der Waals surface area contributed by atoms with E-state index in [2.05, 4.69) is 22.9 Å². The molecule has 0 aliphatic heterocycles. The van der Waals surface area contributed by atoms with Crippen molar-refractivity contribution in [2.75, 3.05) is 17.2 Å². The number of benzene rings is 5. The Morgan fingerprint density at radius 2 is 1.50 bits per heavy atom. The molecule has 0 aliphatic carbocycles. The summed E-state index contributed by atoms with van der Waals surface area (Å²) in [6.07, 6.45) is 3.51. The molecule has 0 saturated carbocycles. The van der Waals surface area contributed by atoms with Gasteiger partial charge in [-0.1, -0.05) is 97.2 Å². The number of hydrogen-bond donors (Lipinski definition) is 3. The third-order valence-corrected chi connectivity index (χ3v) is 9.18. The van der Waals surface area contributed by atoms with Gasteiger partial charge in [0.15, 0.2) is 0 Å². The zero-order valence-corrected chi connectivity index (χ0v) is 29.5. The summed E-state index contributed by atoms with van der Waals surface area (Å²) in [6.45, 7) is 2.75. The Balaban J connectivity index is 1.34. The Hall–Kier alpha value is -5.02. The van der Waals surface area contributed by atoms with Gasteiger partial charge in [-0.25, -0.2) is 0 Å². The van der Waals surface area contributed by atoms with E-state index in [0.717, 1.165) is 29.1 Å². The van der Waals surface area contributed by atoms with Crippen LogP contribution in [0, 0.1) is 0 Å². The van der Waals surface area contributed by atoms with Crippen LogP contribution in [0.25, 0.3) is 6.08 Å². The van der Waals surface area contributed by atoms with Gasteiger partial charge in [0.25, 0.3) is 11.8 Å². The highest BCUT2D eigenvalue weighted by Crippen LogP contribution is 2.37. The topological polar surface area (TPSA) is 96.5 Å². The standard InChI is InChI=1S/C40H35Cl2N3O4S/c1-2-3-23-49-33-21-19-31(20-22-33)43-40(48)37(27-11-6-4-7-12-27)50-34-16-10-15-32(26-34)44-39(47)36(24-29-17-18-30(41)25-35(29)42)45-38(46)28-13-8-5-9-14-28/h4-22,24-26,37H,2-3,23H2,1H3,(H,43,48)(H,44,47)(H,45,46)/b36-24+. The van der Waals surface area contributed by atoms with Gasteiger partial charge >= 0.3 is 0 Å². The van der Waals surface area contributed by atoms with Crippen LogP contribution in [0.3, 0.4) is 0 Å². The maximum Gasteiger partial charge on any atom is 0.272 e. The molecule has 50 heavy (non-hydrogen) atoms. The molecule has 0 radical (unpaired) electrons. The van der Waals surface area contributed by atoms with Crippen LogP contribution in [0.1, 0.15) is 46.5 Å². The van der Waals surface area contributed by atoms with E-state index < -0.39 is 17.1 Å². The minimum absolute atomic E-state index is 0.0237. The number of unbranched alkanes of at least 4 members (excludes halogenated alkanes) is 1. The van der Waals surface area contributed by atoms with Gasteiger partial charge in [0, 0.05) is 31.9 Å². The molecule has 10 heteroatoms. The van der Waals surface area contributed by atoms with E-state index in [9.17, 15) is 14.4 Å². The molecular weight excluding hydrogens is 689 g/mol. The Labute approximate surface area is 306 Å². The van der Waals surface area contributed by atoms with Crippen LogP contribution in [-0.4, -0.2) is 24.3 Å². The van der Waals surface area contributed by atoms with Crippen molar-refractivity contribution < 1.29 is 19.1 Å². The average Bonchev–Trinajstić information content (AvgIpc) is 3.13. The molecular formula is C40H35Cl2N3O4S. The highest BCUT2D eigenvalue weighted by atomic mass is 35.5. The van der Waals surface area contributed by atoms with Crippen molar-refractivity contribution in [1.82, 2.24) is 5.32 Å². The Morgan fingerprint density at radius 3 is 2.20 bits per heavy atom. The molecule has 5 aromatic rings. The monoisotopic (exact) mass is 723 g/mol. The number of nitrogens with one attached hydrogen (secondary N) is 3. The van der Waals surface area contributed by atoms with Crippen LogP contribution in [-0.2, 0) is 9.59 Å². The fourth-order valence-corrected chi connectivity index (χ4v) is 6.32. The van der Waals surface area contributed by atoms with Gasteiger partial charge in [-0.05, 0) is 90.4 Å². The quantitative estimate of drug-likeness (QED) is 0.0602. The van der Waals surface area contributed by atoms with Crippen molar-refractivity contribution in [2.45, 2.75) is 29.9 Å². The van der Waals surface area contributed by atoms with Crippen LogP contribution in [0.15, 0.2) is 138 Å². The fourth-order valence-electron chi connectivity index (χ4n) is 4.78. The third-order valence-electron chi connectivity index (χ3n) is 7.37. The summed E-state index contributed by atoms with van der Waals surface area (Å²) < 4.78 is 5.75.